The Labute approximate surface area is 142 Å². The van der Waals surface area contributed by atoms with Gasteiger partial charge >= 0.3 is 0 Å². The third-order valence-corrected chi connectivity index (χ3v) is 4.29. The smallest absolute Gasteiger partial charge is 0.134 e. The first-order chi connectivity index (χ1) is 11.7. The van der Waals surface area contributed by atoms with Crippen molar-refractivity contribution in [2.45, 2.75) is 25.4 Å². The molecule has 0 bridgehead atoms. The number of nitrogens with zero attached hydrogens (tertiary/aromatic N) is 5. The second-order valence-corrected chi connectivity index (χ2v) is 6.17. The normalized spacial score (nSPS) is 17.1. The van der Waals surface area contributed by atoms with E-state index in [4.69, 9.17) is 0 Å². The third-order valence-electron chi connectivity index (χ3n) is 4.29. The molecule has 1 unspecified atom stereocenters. The molecule has 1 fully saturated rings. The van der Waals surface area contributed by atoms with Crippen molar-refractivity contribution in [1.82, 2.24) is 15.0 Å². The van der Waals surface area contributed by atoms with Gasteiger partial charge in [0, 0.05) is 45.0 Å². The highest BCUT2D eigenvalue weighted by Crippen LogP contribution is 2.25. The number of aliphatic hydroxyl groups excluding tert-OH is 1. The molecule has 3 rings (SSSR count). The predicted octanol–water partition coefficient (Wildman–Crippen LogP) is 1.51. The molecule has 0 radical (unpaired) electrons. The second kappa shape index (κ2) is 7.44. The number of rotatable bonds is 6. The highest BCUT2D eigenvalue weighted by atomic mass is 16.3. The lowest BCUT2D eigenvalue weighted by molar-refractivity contribution is 0.266. The zero-order valence-corrected chi connectivity index (χ0v) is 14.2. The van der Waals surface area contributed by atoms with E-state index >= 15 is 0 Å². The Bertz CT molecular complexity index is 678. The summed E-state index contributed by atoms with van der Waals surface area (Å²) in [5.41, 5.74) is 1.11. The van der Waals surface area contributed by atoms with E-state index < -0.39 is 0 Å². The zero-order chi connectivity index (χ0) is 16.9. The van der Waals surface area contributed by atoms with Crippen molar-refractivity contribution in [2.24, 2.45) is 0 Å². The molecule has 2 N–H and O–H groups in total. The lowest BCUT2D eigenvalue weighted by Crippen LogP contribution is -2.32. The molecule has 1 saturated heterocycles. The van der Waals surface area contributed by atoms with Crippen LogP contribution in [-0.4, -0.2) is 53.3 Å². The summed E-state index contributed by atoms with van der Waals surface area (Å²) in [6.07, 6.45) is 5.45. The van der Waals surface area contributed by atoms with E-state index in [0.29, 0.717) is 6.54 Å². The Balaban J connectivity index is 1.72. The molecule has 1 atom stereocenters. The van der Waals surface area contributed by atoms with Crippen molar-refractivity contribution in [3.8, 4) is 0 Å². The summed E-state index contributed by atoms with van der Waals surface area (Å²) in [4.78, 5) is 17.2. The van der Waals surface area contributed by atoms with Gasteiger partial charge in [-0.15, -0.1) is 0 Å². The summed E-state index contributed by atoms with van der Waals surface area (Å²) in [6.45, 7) is 1.73. The summed E-state index contributed by atoms with van der Waals surface area (Å²) in [5, 5.41) is 12.8. The van der Waals surface area contributed by atoms with Crippen LogP contribution in [0.15, 0.2) is 30.7 Å². The molecule has 2 aromatic heterocycles. The van der Waals surface area contributed by atoms with Gasteiger partial charge in [-0.25, -0.2) is 15.0 Å². The van der Waals surface area contributed by atoms with E-state index in [9.17, 15) is 5.11 Å². The van der Waals surface area contributed by atoms with Crippen LogP contribution in [0.25, 0.3) is 0 Å². The van der Waals surface area contributed by atoms with Gasteiger partial charge in [-0.3, -0.25) is 0 Å². The molecule has 24 heavy (non-hydrogen) atoms. The molecule has 0 aliphatic carbocycles. The summed E-state index contributed by atoms with van der Waals surface area (Å²) in [7, 11) is 3.97. The lowest BCUT2D eigenvalue weighted by atomic mass is 10.2. The van der Waals surface area contributed by atoms with Crippen LogP contribution < -0.4 is 15.1 Å². The van der Waals surface area contributed by atoms with Crippen LogP contribution in [0, 0.1) is 0 Å². The molecule has 1 aliphatic heterocycles. The maximum atomic E-state index is 9.49. The van der Waals surface area contributed by atoms with Gasteiger partial charge in [-0.2, -0.15) is 0 Å². The fourth-order valence-electron chi connectivity index (χ4n) is 3.08. The van der Waals surface area contributed by atoms with Crippen LogP contribution >= 0.6 is 0 Å². The first-order valence-corrected chi connectivity index (χ1v) is 8.23. The molecule has 7 nitrogen and oxygen atoms in total. The molecular formula is C17H24N6O. The van der Waals surface area contributed by atoms with Gasteiger partial charge < -0.3 is 20.2 Å². The van der Waals surface area contributed by atoms with E-state index in [0.717, 1.165) is 42.4 Å². The largest absolute Gasteiger partial charge is 0.394 e. The Morgan fingerprint density at radius 2 is 2.21 bits per heavy atom. The minimum atomic E-state index is 0.159. The molecule has 2 aromatic rings. The molecule has 0 saturated carbocycles. The first-order valence-electron chi connectivity index (χ1n) is 8.23. The molecule has 128 valence electrons. The van der Waals surface area contributed by atoms with Gasteiger partial charge in [-0.1, -0.05) is 6.07 Å². The van der Waals surface area contributed by atoms with Gasteiger partial charge in [0.2, 0.25) is 0 Å². The highest BCUT2D eigenvalue weighted by molar-refractivity contribution is 5.52. The Kier molecular flexibility index (Phi) is 5.10. The lowest BCUT2D eigenvalue weighted by Gasteiger charge is -2.24. The number of aromatic nitrogens is 3. The topological polar surface area (TPSA) is 77.4 Å². The summed E-state index contributed by atoms with van der Waals surface area (Å²) < 4.78 is 0. The predicted molar refractivity (Wildman–Crippen MR) is 95.4 cm³/mol. The standard InChI is InChI=1S/C17H24N6O/c1-22(2)17-13(5-3-7-18-17)10-19-15-9-16(21-12-20-15)23-8-4-6-14(23)11-24/h3,5,7,9,12,14,24H,4,6,8,10-11H2,1-2H3,(H,19,20,21). The van der Waals surface area contributed by atoms with Crippen molar-refractivity contribution in [3.63, 3.8) is 0 Å². The van der Waals surface area contributed by atoms with Gasteiger partial charge in [-0.05, 0) is 18.9 Å². The second-order valence-electron chi connectivity index (χ2n) is 6.17. The fourth-order valence-corrected chi connectivity index (χ4v) is 3.08. The number of aliphatic hydroxyl groups is 1. The van der Waals surface area contributed by atoms with Crippen molar-refractivity contribution in [1.29, 1.82) is 0 Å². The number of anilines is 3. The van der Waals surface area contributed by atoms with E-state index in [2.05, 4.69) is 31.2 Å². The van der Waals surface area contributed by atoms with Crippen LogP contribution in [-0.2, 0) is 6.54 Å². The number of hydrogen-bond donors (Lipinski definition) is 2. The molecule has 0 spiro atoms. The van der Waals surface area contributed by atoms with E-state index in [1.165, 1.54) is 0 Å². The van der Waals surface area contributed by atoms with E-state index in [-0.39, 0.29) is 12.6 Å². The average molecular weight is 328 g/mol. The number of nitrogens with one attached hydrogen (secondary N) is 1. The van der Waals surface area contributed by atoms with Crippen molar-refractivity contribution >= 4 is 17.5 Å². The molecule has 0 amide bonds. The number of pyridine rings is 1. The monoisotopic (exact) mass is 328 g/mol. The summed E-state index contributed by atoms with van der Waals surface area (Å²) >= 11 is 0. The maximum Gasteiger partial charge on any atom is 0.134 e. The van der Waals surface area contributed by atoms with Crippen LogP contribution in [0.5, 0.6) is 0 Å². The average Bonchev–Trinajstić information content (AvgIpc) is 3.09. The minimum Gasteiger partial charge on any atom is -0.394 e. The Morgan fingerprint density at radius 1 is 1.33 bits per heavy atom. The molecular weight excluding hydrogens is 304 g/mol. The van der Waals surface area contributed by atoms with Crippen LogP contribution in [0.3, 0.4) is 0 Å². The van der Waals surface area contributed by atoms with Crippen LogP contribution in [0.1, 0.15) is 18.4 Å². The first kappa shape index (κ1) is 16.4. The van der Waals surface area contributed by atoms with E-state index in [1.807, 2.05) is 31.1 Å². The van der Waals surface area contributed by atoms with Crippen LogP contribution in [0.2, 0.25) is 0 Å². The Hall–Kier alpha value is -2.41. The van der Waals surface area contributed by atoms with Crippen molar-refractivity contribution < 1.29 is 5.11 Å². The quantitative estimate of drug-likeness (QED) is 0.832. The molecule has 0 aromatic carbocycles. The molecule has 3 heterocycles. The van der Waals surface area contributed by atoms with Gasteiger partial charge in [0.25, 0.3) is 0 Å². The zero-order valence-electron chi connectivity index (χ0n) is 14.2. The fraction of sp³-hybridized carbons (Fsp3) is 0.471. The maximum absolute atomic E-state index is 9.49. The van der Waals surface area contributed by atoms with E-state index in [1.54, 1.807) is 12.5 Å². The summed E-state index contributed by atoms with van der Waals surface area (Å²) in [5.74, 6) is 2.58. The third kappa shape index (κ3) is 3.56. The molecule has 7 heteroatoms. The van der Waals surface area contributed by atoms with Crippen LogP contribution in [0.4, 0.5) is 17.5 Å². The SMILES string of the molecule is CN(C)c1ncccc1CNc1cc(N2CCCC2CO)ncn1. The highest BCUT2D eigenvalue weighted by Gasteiger charge is 2.25. The Morgan fingerprint density at radius 3 is 3.00 bits per heavy atom. The summed E-state index contributed by atoms with van der Waals surface area (Å²) in [6, 6.07) is 6.09. The van der Waals surface area contributed by atoms with Gasteiger partial charge in [0.1, 0.15) is 23.8 Å². The molecule has 1 aliphatic rings. The van der Waals surface area contributed by atoms with Gasteiger partial charge in [0.05, 0.1) is 12.6 Å². The van der Waals surface area contributed by atoms with Gasteiger partial charge in [0.15, 0.2) is 0 Å². The van der Waals surface area contributed by atoms with Crippen molar-refractivity contribution in [2.75, 3.05) is 42.4 Å². The number of hydrogen-bond acceptors (Lipinski definition) is 7. The van der Waals surface area contributed by atoms with Crippen molar-refractivity contribution in [3.05, 3.63) is 36.3 Å². The minimum absolute atomic E-state index is 0.159.